The summed E-state index contributed by atoms with van der Waals surface area (Å²) in [6.07, 6.45) is 1.58. The van der Waals surface area contributed by atoms with Gasteiger partial charge in [-0.3, -0.25) is 9.59 Å². The van der Waals surface area contributed by atoms with Crippen LogP contribution in [0.25, 0.3) is 0 Å². The summed E-state index contributed by atoms with van der Waals surface area (Å²) >= 11 is 0. The Kier molecular flexibility index (Phi) is 5.72. The largest absolute Gasteiger partial charge is 0.493 e. The molecule has 0 radical (unpaired) electrons. The highest BCUT2D eigenvalue weighted by molar-refractivity contribution is 6.11. The fourth-order valence-corrected chi connectivity index (χ4v) is 2.09. The Morgan fingerprint density at radius 2 is 1.96 bits per heavy atom. The van der Waals surface area contributed by atoms with E-state index in [-0.39, 0.29) is 24.7 Å². The lowest BCUT2D eigenvalue weighted by Crippen LogP contribution is -2.20. The molecule has 2 N–H and O–H groups in total. The van der Waals surface area contributed by atoms with Crippen LogP contribution in [0.4, 0.5) is 0 Å². The minimum Gasteiger partial charge on any atom is -0.493 e. The molecule has 0 bridgehead atoms. The van der Waals surface area contributed by atoms with Crippen LogP contribution >= 0.6 is 0 Å². The van der Waals surface area contributed by atoms with Crippen LogP contribution in [0.5, 0.6) is 17.2 Å². The number of ether oxygens (including phenoxy) is 3. The van der Waals surface area contributed by atoms with Gasteiger partial charge in [-0.05, 0) is 12.1 Å². The van der Waals surface area contributed by atoms with E-state index in [1.165, 1.54) is 27.5 Å². The molecule has 2 rings (SSSR count). The van der Waals surface area contributed by atoms with Gasteiger partial charge in [0.05, 0.1) is 46.1 Å². The predicted octanol–water partition coefficient (Wildman–Crippen LogP) is 0.428. The van der Waals surface area contributed by atoms with Crippen LogP contribution in [0.1, 0.15) is 18.4 Å². The Morgan fingerprint density at radius 1 is 1.29 bits per heavy atom. The van der Waals surface area contributed by atoms with Crippen molar-refractivity contribution < 1.29 is 23.8 Å². The van der Waals surface area contributed by atoms with Gasteiger partial charge in [0.2, 0.25) is 17.6 Å². The molecule has 0 spiro atoms. The highest BCUT2D eigenvalue weighted by Gasteiger charge is 2.17. The van der Waals surface area contributed by atoms with E-state index in [1.807, 2.05) is 0 Å². The van der Waals surface area contributed by atoms with Gasteiger partial charge < -0.3 is 14.2 Å². The third-order valence-corrected chi connectivity index (χ3v) is 3.16. The number of amides is 2. The number of nitrogens with one attached hydrogen (secondary N) is 2. The molecular formula is C15H18N4O5. The summed E-state index contributed by atoms with van der Waals surface area (Å²) in [5.41, 5.74) is 5.78. The van der Waals surface area contributed by atoms with Gasteiger partial charge in [0.15, 0.2) is 11.5 Å². The molecule has 0 aromatic heterocycles. The van der Waals surface area contributed by atoms with Crippen molar-refractivity contribution in [3.8, 4) is 17.2 Å². The number of hydrogen-bond acceptors (Lipinski definition) is 7. The normalized spacial score (nSPS) is 13.5. The Labute approximate surface area is 138 Å². The molecule has 1 aliphatic rings. The Bertz CT molecular complexity index is 674. The van der Waals surface area contributed by atoms with Crippen LogP contribution in [-0.2, 0) is 9.59 Å². The lowest BCUT2D eigenvalue weighted by atomic mass is 10.2. The van der Waals surface area contributed by atoms with Crippen LogP contribution in [0.3, 0.4) is 0 Å². The number of benzene rings is 1. The van der Waals surface area contributed by atoms with Crippen LogP contribution in [0.15, 0.2) is 22.3 Å². The number of methoxy groups -OCH3 is 3. The highest BCUT2D eigenvalue weighted by Crippen LogP contribution is 2.37. The summed E-state index contributed by atoms with van der Waals surface area (Å²) < 4.78 is 15.7. The molecule has 0 fully saturated rings. The van der Waals surface area contributed by atoms with Crippen molar-refractivity contribution >= 4 is 23.7 Å². The average Bonchev–Trinajstić information content (AvgIpc) is 2.98. The van der Waals surface area contributed by atoms with E-state index in [1.54, 1.807) is 12.1 Å². The van der Waals surface area contributed by atoms with Crippen molar-refractivity contribution in [2.45, 2.75) is 12.8 Å². The number of hydrogen-bond donors (Lipinski definition) is 2. The van der Waals surface area contributed by atoms with Crippen molar-refractivity contribution in [2.75, 3.05) is 21.3 Å². The minimum absolute atomic E-state index is 0.00529. The van der Waals surface area contributed by atoms with E-state index >= 15 is 0 Å². The summed E-state index contributed by atoms with van der Waals surface area (Å²) in [7, 11) is 4.54. The minimum atomic E-state index is -0.367. The highest BCUT2D eigenvalue weighted by atomic mass is 16.5. The van der Waals surface area contributed by atoms with Crippen LogP contribution < -0.4 is 25.1 Å². The molecule has 0 unspecified atom stereocenters. The van der Waals surface area contributed by atoms with Crippen molar-refractivity contribution in [3.05, 3.63) is 17.7 Å². The number of carbonyl (C=O) groups is 2. The second-order valence-corrected chi connectivity index (χ2v) is 4.82. The van der Waals surface area contributed by atoms with Gasteiger partial charge in [-0.2, -0.15) is 10.2 Å². The predicted molar refractivity (Wildman–Crippen MR) is 86.6 cm³/mol. The molecule has 1 aromatic rings. The van der Waals surface area contributed by atoms with Crippen molar-refractivity contribution in [3.63, 3.8) is 0 Å². The lowest BCUT2D eigenvalue weighted by Gasteiger charge is -2.12. The first kappa shape index (κ1) is 17.3. The number of nitrogens with zero attached hydrogens (tertiary/aromatic N) is 2. The van der Waals surface area contributed by atoms with Gasteiger partial charge in [0.1, 0.15) is 0 Å². The van der Waals surface area contributed by atoms with Gasteiger partial charge in [0, 0.05) is 5.56 Å². The van der Waals surface area contributed by atoms with Crippen molar-refractivity contribution in [2.24, 2.45) is 10.2 Å². The maximum absolute atomic E-state index is 11.7. The Morgan fingerprint density at radius 3 is 2.46 bits per heavy atom. The molecule has 24 heavy (non-hydrogen) atoms. The zero-order valence-corrected chi connectivity index (χ0v) is 13.6. The Balaban J connectivity index is 2.01. The van der Waals surface area contributed by atoms with E-state index < -0.39 is 0 Å². The van der Waals surface area contributed by atoms with Crippen LogP contribution in [0.2, 0.25) is 0 Å². The van der Waals surface area contributed by atoms with Gasteiger partial charge in [-0.15, -0.1) is 0 Å². The summed E-state index contributed by atoms with van der Waals surface area (Å²) in [6, 6.07) is 3.39. The monoisotopic (exact) mass is 334 g/mol. The van der Waals surface area contributed by atoms with Crippen LogP contribution in [0, 0.1) is 0 Å². The molecule has 1 aliphatic heterocycles. The van der Waals surface area contributed by atoms with E-state index in [0.717, 1.165) is 0 Å². The molecular weight excluding hydrogens is 316 g/mol. The van der Waals surface area contributed by atoms with E-state index in [4.69, 9.17) is 14.2 Å². The number of carbonyl (C=O) groups excluding carboxylic acids is 2. The average molecular weight is 334 g/mol. The standard InChI is InChI=1S/C15H18N4O5/c1-22-11-4-9(5-12(23-2)15(11)24-3)8-16-18-13(20)6-10-7-14(21)19-17-10/h4-5,8H,6-7H2,1-3H3,(H,18,20)(H,19,21)/b16-8+. The summed E-state index contributed by atoms with van der Waals surface area (Å²) in [5.74, 6) is 0.842. The molecule has 0 saturated heterocycles. The zero-order valence-electron chi connectivity index (χ0n) is 13.6. The first-order chi connectivity index (χ1) is 11.6. The third-order valence-electron chi connectivity index (χ3n) is 3.16. The second-order valence-electron chi connectivity index (χ2n) is 4.82. The van der Waals surface area contributed by atoms with Gasteiger partial charge in [0.25, 0.3) is 0 Å². The maximum Gasteiger partial charge on any atom is 0.245 e. The molecule has 128 valence electrons. The van der Waals surface area contributed by atoms with Crippen molar-refractivity contribution in [1.82, 2.24) is 10.9 Å². The summed E-state index contributed by atoms with van der Waals surface area (Å²) in [6.45, 7) is 0. The SMILES string of the molecule is COc1cc(/C=N/NC(=O)CC2=NNC(=O)C2)cc(OC)c1OC. The topological polar surface area (TPSA) is 111 Å². The quantitative estimate of drug-likeness (QED) is 0.555. The fourth-order valence-electron chi connectivity index (χ4n) is 2.09. The summed E-state index contributed by atoms with van der Waals surface area (Å²) in [4.78, 5) is 22.7. The van der Waals surface area contributed by atoms with Gasteiger partial charge >= 0.3 is 0 Å². The van der Waals surface area contributed by atoms with E-state index in [9.17, 15) is 9.59 Å². The first-order valence-corrected chi connectivity index (χ1v) is 7.03. The molecule has 0 atom stereocenters. The smallest absolute Gasteiger partial charge is 0.245 e. The van der Waals surface area contributed by atoms with E-state index in [0.29, 0.717) is 28.5 Å². The molecule has 9 nitrogen and oxygen atoms in total. The Hall–Kier alpha value is -3.10. The molecule has 9 heteroatoms. The van der Waals surface area contributed by atoms with Gasteiger partial charge in [-0.25, -0.2) is 10.9 Å². The number of hydrazone groups is 2. The fraction of sp³-hybridized carbons (Fsp3) is 0.333. The third kappa shape index (κ3) is 4.22. The first-order valence-electron chi connectivity index (χ1n) is 7.03. The second kappa shape index (κ2) is 7.95. The molecule has 1 aromatic carbocycles. The lowest BCUT2D eigenvalue weighted by molar-refractivity contribution is -0.119. The zero-order chi connectivity index (χ0) is 17.5. The van der Waals surface area contributed by atoms with Crippen LogP contribution in [-0.4, -0.2) is 45.1 Å². The molecule has 2 amide bonds. The molecule has 0 aliphatic carbocycles. The maximum atomic E-state index is 11.7. The van der Waals surface area contributed by atoms with E-state index in [2.05, 4.69) is 21.1 Å². The molecule has 1 heterocycles. The van der Waals surface area contributed by atoms with Gasteiger partial charge in [-0.1, -0.05) is 0 Å². The number of rotatable bonds is 7. The van der Waals surface area contributed by atoms with Crippen molar-refractivity contribution in [1.29, 1.82) is 0 Å². The summed E-state index contributed by atoms with van der Waals surface area (Å²) in [5, 5.41) is 7.62. The molecule has 0 saturated carbocycles.